The summed E-state index contributed by atoms with van der Waals surface area (Å²) < 4.78 is 0. The average Bonchev–Trinajstić information content (AvgIpc) is 2.55. The van der Waals surface area contributed by atoms with Gasteiger partial charge < -0.3 is 0 Å². The zero-order chi connectivity index (χ0) is 19.4. The maximum Gasteiger partial charge on any atom is 0.0495 e. The Morgan fingerprint density at radius 2 is 1.31 bits per heavy atom. The molecule has 1 aromatic rings. The molecule has 0 radical (unpaired) electrons. The van der Waals surface area contributed by atoms with Gasteiger partial charge in [0.2, 0.25) is 0 Å². The fourth-order valence-corrected chi connectivity index (χ4v) is 5.00. The standard InChI is InChI=1S/C25H43N/c1-19(2)22-18-20(3)23(26-21(22)4)25(7)16-11-9-8-10-14-24(5,6)15-12-13-17-25/h18-19H,8-17H2,1-7H3. The van der Waals surface area contributed by atoms with Crippen molar-refractivity contribution in [2.45, 2.75) is 124 Å². The van der Waals surface area contributed by atoms with Crippen LogP contribution in [-0.2, 0) is 5.41 Å². The van der Waals surface area contributed by atoms with E-state index < -0.39 is 0 Å². The molecule has 0 bridgehead atoms. The van der Waals surface area contributed by atoms with Gasteiger partial charge in [-0.3, -0.25) is 4.98 Å². The fourth-order valence-electron chi connectivity index (χ4n) is 5.00. The van der Waals surface area contributed by atoms with Gasteiger partial charge in [0.05, 0.1) is 0 Å². The van der Waals surface area contributed by atoms with Crippen molar-refractivity contribution in [2.75, 3.05) is 0 Å². The predicted molar refractivity (Wildman–Crippen MR) is 115 cm³/mol. The maximum absolute atomic E-state index is 5.19. The van der Waals surface area contributed by atoms with E-state index in [1.807, 2.05) is 0 Å². The second kappa shape index (κ2) is 8.89. The van der Waals surface area contributed by atoms with Crippen LogP contribution in [0.3, 0.4) is 0 Å². The van der Waals surface area contributed by atoms with E-state index in [1.165, 1.54) is 86.7 Å². The third kappa shape index (κ3) is 5.57. The van der Waals surface area contributed by atoms with E-state index in [1.54, 1.807) is 0 Å². The van der Waals surface area contributed by atoms with Crippen LogP contribution in [-0.4, -0.2) is 4.98 Å². The zero-order valence-corrected chi connectivity index (χ0v) is 18.7. The summed E-state index contributed by atoms with van der Waals surface area (Å²) in [6, 6.07) is 2.42. The Morgan fingerprint density at radius 3 is 1.88 bits per heavy atom. The lowest BCUT2D eigenvalue weighted by Gasteiger charge is -2.33. The molecule has 1 fully saturated rings. The van der Waals surface area contributed by atoms with Crippen molar-refractivity contribution in [1.29, 1.82) is 0 Å². The number of aromatic nitrogens is 1. The molecule has 1 heterocycles. The normalized spacial score (nSPS) is 25.5. The van der Waals surface area contributed by atoms with E-state index in [4.69, 9.17) is 4.98 Å². The third-order valence-electron chi connectivity index (χ3n) is 6.80. The second-order valence-corrected chi connectivity index (χ2v) is 10.3. The molecule has 0 N–H and O–H groups in total. The summed E-state index contributed by atoms with van der Waals surface area (Å²) in [6.07, 6.45) is 13.6. The van der Waals surface area contributed by atoms with Gasteiger partial charge in [-0.1, -0.05) is 79.2 Å². The van der Waals surface area contributed by atoms with Gasteiger partial charge in [0, 0.05) is 16.8 Å². The van der Waals surface area contributed by atoms with Gasteiger partial charge in [-0.05, 0) is 62.0 Å². The molecule has 1 unspecified atom stereocenters. The van der Waals surface area contributed by atoms with Crippen LogP contribution in [0.4, 0.5) is 0 Å². The number of hydrogen-bond donors (Lipinski definition) is 0. The van der Waals surface area contributed by atoms with Gasteiger partial charge in [-0.15, -0.1) is 0 Å². The second-order valence-electron chi connectivity index (χ2n) is 10.3. The molecule has 1 atom stereocenters. The Kier molecular flexibility index (Phi) is 7.34. The Labute approximate surface area is 163 Å². The maximum atomic E-state index is 5.19. The molecule has 1 nitrogen and oxygen atoms in total. The number of hydrogen-bond acceptors (Lipinski definition) is 1. The summed E-state index contributed by atoms with van der Waals surface area (Å²) in [6.45, 7) is 16.5. The Bertz CT molecular complexity index is 584. The number of pyridine rings is 1. The van der Waals surface area contributed by atoms with E-state index in [0.29, 0.717) is 11.3 Å². The highest BCUT2D eigenvalue weighted by Crippen LogP contribution is 2.39. The summed E-state index contributed by atoms with van der Waals surface area (Å²) in [7, 11) is 0. The van der Waals surface area contributed by atoms with Crippen molar-refractivity contribution in [1.82, 2.24) is 4.98 Å². The van der Waals surface area contributed by atoms with E-state index >= 15 is 0 Å². The zero-order valence-electron chi connectivity index (χ0n) is 18.7. The van der Waals surface area contributed by atoms with Crippen LogP contribution in [0.2, 0.25) is 0 Å². The molecule has 1 aromatic heterocycles. The highest BCUT2D eigenvalue weighted by molar-refractivity contribution is 5.35. The molecule has 1 aliphatic rings. The first kappa shape index (κ1) is 21.5. The summed E-state index contributed by atoms with van der Waals surface area (Å²) in [5.74, 6) is 0.557. The van der Waals surface area contributed by atoms with Gasteiger partial charge >= 0.3 is 0 Å². The average molecular weight is 358 g/mol. The highest BCUT2D eigenvalue weighted by atomic mass is 14.7. The number of aryl methyl sites for hydroxylation is 2. The van der Waals surface area contributed by atoms with Crippen LogP contribution in [0.25, 0.3) is 0 Å². The molecule has 26 heavy (non-hydrogen) atoms. The predicted octanol–water partition coefficient (Wildman–Crippen LogP) is 8.02. The summed E-state index contributed by atoms with van der Waals surface area (Å²) >= 11 is 0. The molecule has 148 valence electrons. The van der Waals surface area contributed by atoms with Crippen LogP contribution in [0, 0.1) is 19.3 Å². The molecular formula is C25H43N. The van der Waals surface area contributed by atoms with Crippen molar-refractivity contribution in [3.05, 3.63) is 28.6 Å². The smallest absolute Gasteiger partial charge is 0.0495 e. The monoisotopic (exact) mass is 357 g/mol. The highest BCUT2D eigenvalue weighted by Gasteiger charge is 2.30. The van der Waals surface area contributed by atoms with E-state index in [-0.39, 0.29) is 5.41 Å². The van der Waals surface area contributed by atoms with Crippen molar-refractivity contribution in [3.63, 3.8) is 0 Å². The largest absolute Gasteiger partial charge is 0.257 e. The van der Waals surface area contributed by atoms with Crippen LogP contribution in [0.5, 0.6) is 0 Å². The lowest BCUT2D eigenvalue weighted by Crippen LogP contribution is -2.26. The Hall–Kier alpha value is -0.850. The molecule has 0 amide bonds. The molecule has 0 spiro atoms. The first-order valence-corrected chi connectivity index (χ1v) is 11.1. The lowest BCUT2D eigenvalue weighted by atomic mass is 9.73. The molecule has 1 heteroatoms. The first-order chi connectivity index (χ1) is 12.1. The summed E-state index contributed by atoms with van der Waals surface area (Å²) in [5, 5.41) is 0. The molecule has 0 aromatic carbocycles. The number of nitrogens with zero attached hydrogens (tertiary/aromatic N) is 1. The topological polar surface area (TPSA) is 12.9 Å². The van der Waals surface area contributed by atoms with E-state index in [2.05, 4.69) is 54.5 Å². The van der Waals surface area contributed by atoms with Gasteiger partial charge in [-0.2, -0.15) is 0 Å². The van der Waals surface area contributed by atoms with Gasteiger partial charge in [0.25, 0.3) is 0 Å². The Morgan fingerprint density at radius 1 is 0.808 bits per heavy atom. The molecule has 2 rings (SSSR count). The molecule has 1 saturated carbocycles. The van der Waals surface area contributed by atoms with Crippen molar-refractivity contribution in [2.24, 2.45) is 5.41 Å². The molecule has 1 aliphatic carbocycles. The molecular weight excluding hydrogens is 314 g/mol. The number of rotatable bonds is 2. The summed E-state index contributed by atoms with van der Waals surface area (Å²) in [4.78, 5) is 5.19. The van der Waals surface area contributed by atoms with Crippen molar-refractivity contribution >= 4 is 0 Å². The molecule has 0 aliphatic heterocycles. The SMILES string of the molecule is Cc1cc(C(C)C)c(C)nc1C1(C)CCCCCCC(C)(C)CCCC1. The van der Waals surface area contributed by atoms with Gasteiger partial charge in [0.15, 0.2) is 0 Å². The van der Waals surface area contributed by atoms with Gasteiger partial charge in [-0.25, -0.2) is 0 Å². The van der Waals surface area contributed by atoms with Crippen molar-refractivity contribution in [3.8, 4) is 0 Å². The Balaban J connectivity index is 2.24. The van der Waals surface area contributed by atoms with Crippen LogP contribution >= 0.6 is 0 Å². The van der Waals surface area contributed by atoms with Crippen LogP contribution in [0.15, 0.2) is 6.07 Å². The quantitative estimate of drug-likeness (QED) is 0.522. The third-order valence-corrected chi connectivity index (χ3v) is 6.80. The lowest BCUT2D eigenvalue weighted by molar-refractivity contribution is 0.263. The van der Waals surface area contributed by atoms with E-state index in [9.17, 15) is 0 Å². The van der Waals surface area contributed by atoms with Crippen LogP contribution in [0.1, 0.15) is 127 Å². The minimum Gasteiger partial charge on any atom is -0.257 e. The van der Waals surface area contributed by atoms with E-state index in [0.717, 1.165) is 0 Å². The van der Waals surface area contributed by atoms with Crippen LogP contribution < -0.4 is 0 Å². The van der Waals surface area contributed by atoms with Gasteiger partial charge in [0.1, 0.15) is 0 Å². The summed E-state index contributed by atoms with van der Waals surface area (Å²) in [5.41, 5.74) is 6.23. The minimum atomic E-state index is 0.244. The molecule has 0 saturated heterocycles. The first-order valence-electron chi connectivity index (χ1n) is 11.1. The minimum absolute atomic E-state index is 0.244. The van der Waals surface area contributed by atoms with Crippen molar-refractivity contribution < 1.29 is 0 Å². The fraction of sp³-hybridized carbons (Fsp3) is 0.800.